The average molecular weight is 603 g/mol. The molecule has 230 valence electrons. The number of rotatable bonds is 6. The molecule has 0 aromatic heterocycles. The average Bonchev–Trinajstić information content (AvgIpc) is 3.19. The molecule has 0 saturated heterocycles. The molecular formula is C30H50O8S2. The van der Waals surface area contributed by atoms with Crippen LogP contribution in [0.5, 0.6) is 0 Å². The van der Waals surface area contributed by atoms with Gasteiger partial charge in [0.1, 0.15) is 0 Å². The molecule has 40 heavy (non-hydrogen) atoms. The molecule has 3 unspecified atom stereocenters. The zero-order valence-corrected chi connectivity index (χ0v) is 26.7. The monoisotopic (exact) mass is 602 g/mol. The van der Waals surface area contributed by atoms with Crippen molar-refractivity contribution >= 4 is 20.8 Å². The van der Waals surface area contributed by atoms with Gasteiger partial charge in [-0.3, -0.25) is 9.11 Å². The van der Waals surface area contributed by atoms with E-state index in [0.29, 0.717) is 24.2 Å². The van der Waals surface area contributed by atoms with Crippen LogP contribution in [0.25, 0.3) is 0 Å². The van der Waals surface area contributed by atoms with E-state index in [1.165, 1.54) is 0 Å². The predicted molar refractivity (Wildman–Crippen MR) is 153 cm³/mol. The van der Waals surface area contributed by atoms with Crippen LogP contribution in [0, 0.1) is 56.7 Å². The van der Waals surface area contributed by atoms with Crippen LogP contribution in [0.3, 0.4) is 0 Å². The first-order chi connectivity index (χ1) is 18.2. The van der Waals surface area contributed by atoms with Gasteiger partial charge < -0.3 is 0 Å². The van der Waals surface area contributed by atoms with E-state index < -0.39 is 32.3 Å². The van der Waals surface area contributed by atoms with Crippen molar-refractivity contribution in [3.63, 3.8) is 0 Å². The summed E-state index contributed by atoms with van der Waals surface area (Å²) in [5, 5.41) is 0. The third-order valence-electron chi connectivity index (χ3n) is 13.9. The Morgan fingerprint density at radius 1 is 0.800 bits per heavy atom. The highest BCUT2D eigenvalue weighted by Gasteiger charge is 2.71. The zero-order valence-electron chi connectivity index (χ0n) is 25.1. The van der Waals surface area contributed by atoms with Gasteiger partial charge in [0.05, 0.1) is 12.7 Å². The van der Waals surface area contributed by atoms with Crippen LogP contribution in [0.4, 0.5) is 0 Å². The lowest BCUT2D eigenvalue weighted by Gasteiger charge is -2.73. The standard InChI is InChI=1S/C30H50O8S2/c1-19(2)20-10-15-30(18-37-39(31,32)33)17-16-28(6)21(25(20)30)8-9-23-27(5)13-12-24(38-40(34,35)36)26(3,4)22(27)11-14-29(23,28)7/h20-25H,1,8-18H2,2-7H3,(H,31,32,33)(H,34,35,36)/t20?,21-,22+,23?,24+,25?,27+,28-,29-,30-/m1/s1. The Labute approximate surface area is 242 Å². The van der Waals surface area contributed by atoms with E-state index in [1.54, 1.807) is 0 Å². The second-order valence-electron chi connectivity index (χ2n) is 15.6. The minimum absolute atomic E-state index is 0.0234. The molecule has 5 saturated carbocycles. The van der Waals surface area contributed by atoms with Crippen molar-refractivity contribution in [1.29, 1.82) is 0 Å². The minimum atomic E-state index is -4.52. The van der Waals surface area contributed by atoms with Crippen molar-refractivity contribution in [3.05, 3.63) is 12.2 Å². The van der Waals surface area contributed by atoms with Gasteiger partial charge in [-0.25, -0.2) is 8.37 Å². The maximum Gasteiger partial charge on any atom is 0.397 e. The van der Waals surface area contributed by atoms with Gasteiger partial charge in [0, 0.05) is 0 Å². The van der Waals surface area contributed by atoms with Gasteiger partial charge in [0.2, 0.25) is 0 Å². The fourth-order valence-corrected chi connectivity index (χ4v) is 13.0. The minimum Gasteiger partial charge on any atom is -0.264 e. The maximum absolute atomic E-state index is 11.7. The lowest BCUT2D eigenvalue weighted by atomic mass is 9.32. The van der Waals surface area contributed by atoms with Crippen LogP contribution < -0.4 is 0 Å². The molecule has 0 spiro atoms. The molecule has 0 aliphatic heterocycles. The summed E-state index contributed by atoms with van der Waals surface area (Å²) in [7, 11) is -9.04. The van der Waals surface area contributed by atoms with E-state index in [9.17, 15) is 25.9 Å². The third kappa shape index (κ3) is 4.57. The quantitative estimate of drug-likeness (QED) is 0.255. The van der Waals surface area contributed by atoms with Gasteiger partial charge in [-0.05, 0) is 128 Å². The second-order valence-corrected chi connectivity index (χ2v) is 17.7. The third-order valence-corrected chi connectivity index (χ3v) is 14.8. The molecule has 8 nitrogen and oxygen atoms in total. The normalized spacial score (nSPS) is 48.4. The molecule has 10 heteroatoms. The highest BCUT2D eigenvalue weighted by atomic mass is 32.3. The smallest absolute Gasteiger partial charge is 0.264 e. The lowest BCUT2D eigenvalue weighted by molar-refractivity contribution is -0.247. The number of fused-ring (bicyclic) bond motifs is 7. The van der Waals surface area contributed by atoms with Crippen LogP contribution in [0.2, 0.25) is 0 Å². The summed E-state index contributed by atoms with van der Waals surface area (Å²) >= 11 is 0. The van der Waals surface area contributed by atoms with Crippen molar-refractivity contribution in [2.24, 2.45) is 56.7 Å². The zero-order chi connectivity index (χ0) is 29.7. The molecule has 5 rings (SSSR count). The van der Waals surface area contributed by atoms with E-state index >= 15 is 0 Å². The molecular weight excluding hydrogens is 552 g/mol. The SMILES string of the molecule is C=C(C)C1CC[C@]2(COS(=O)(=O)O)CC[C@]3(C)[C@H](CCC4[C@@]5(C)CC[C@H](OS(=O)(=O)O)C(C)(C)[C@@H]5CC[C@]43C)C12. The van der Waals surface area contributed by atoms with E-state index in [2.05, 4.69) is 48.1 Å². The highest BCUT2D eigenvalue weighted by molar-refractivity contribution is 7.81. The Morgan fingerprint density at radius 3 is 2.08 bits per heavy atom. The summed E-state index contributed by atoms with van der Waals surface area (Å²) in [5.41, 5.74) is 0.640. The lowest BCUT2D eigenvalue weighted by Crippen LogP contribution is -2.67. The molecule has 0 bridgehead atoms. The Hall–Kier alpha value is -0.520. The first-order valence-corrected chi connectivity index (χ1v) is 17.9. The predicted octanol–water partition coefficient (Wildman–Crippen LogP) is 6.65. The number of hydrogen-bond donors (Lipinski definition) is 2. The first-order valence-electron chi connectivity index (χ1n) is 15.1. The summed E-state index contributed by atoms with van der Waals surface area (Å²) in [6, 6.07) is 0. The molecule has 5 fully saturated rings. The Morgan fingerprint density at radius 2 is 1.48 bits per heavy atom. The van der Waals surface area contributed by atoms with Gasteiger partial charge in [-0.15, -0.1) is 0 Å². The van der Waals surface area contributed by atoms with Gasteiger partial charge >= 0.3 is 20.8 Å². The van der Waals surface area contributed by atoms with Crippen LogP contribution >= 0.6 is 0 Å². The van der Waals surface area contributed by atoms with Crippen molar-refractivity contribution in [1.82, 2.24) is 0 Å². The van der Waals surface area contributed by atoms with Gasteiger partial charge in [0.25, 0.3) is 0 Å². The van der Waals surface area contributed by atoms with E-state index in [-0.39, 0.29) is 40.1 Å². The fraction of sp³-hybridized carbons (Fsp3) is 0.933. The molecule has 5 aliphatic rings. The molecule has 0 radical (unpaired) electrons. The van der Waals surface area contributed by atoms with E-state index in [1.807, 2.05) is 0 Å². The molecule has 0 aromatic rings. The molecule has 5 aliphatic carbocycles. The number of allylic oxidation sites excluding steroid dienone is 1. The summed E-state index contributed by atoms with van der Waals surface area (Å²) < 4.78 is 75.9. The second kappa shape index (κ2) is 9.49. The van der Waals surface area contributed by atoms with Gasteiger partial charge in [-0.2, -0.15) is 16.8 Å². The summed E-state index contributed by atoms with van der Waals surface area (Å²) in [6.45, 7) is 18.1. The van der Waals surface area contributed by atoms with E-state index in [4.69, 9.17) is 8.37 Å². The summed E-state index contributed by atoms with van der Waals surface area (Å²) in [6.07, 6.45) is 8.84. The van der Waals surface area contributed by atoms with Crippen LogP contribution in [-0.2, 0) is 29.2 Å². The van der Waals surface area contributed by atoms with Crippen molar-refractivity contribution < 1.29 is 34.3 Å². The topological polar surface area (TPSA) is 127 Å². The highest BCUT2D eigenvalue weighted by Crippen LogP contribution is 2.77. The largest absolute Gasteiger partial charge is 0.397 e. The molecule has 0 aromatic carbocycles. The molecule has 2 N–H and O–H groups in total. The fourth-order valence-electron chi connectivity index (χ4n) is 12.0. The first kappa shape index (κ1) is 30.9. The van der Waals surface area contributed by atoms with Gasteiger partial charge in [-0.1, -0.05) is 46.8 Å². The van der Waals surface area contributed by atoms with Crippen molar-refractivity contribution in [3.8, 4) is 0 Å². The maximum atomic E-state index is 11.7. The van der Waals surface area contributed by atoms with Crippen molar-refractivity contribution in [2.45, 2.75) is 112 Å². The molecule has 0 amide bonds. The van der Waals surface area contributed by atoms with Crippen LogP contribution in [0.15, 0.2) is 12.2 Å². The van der Waals surface area contributed by atoms with Gasteiger partial charge in [0.15, 0.2) is 0 Å². The van der Waals surface area contributed by atoms with Crippen LogP contribution in [-0.4, -0.2) is 38.7 Å². The summed E-state index contributed by atoms with van der Waals surface area (Å²) in [5.74, 6) is 1.73. The summed E-state index contributed by atoms with van der Waals surface area (Å²) in [4.78, 5) is 0. The van der Waals surface area contributed by atoms with Crippen LogP contribution in [0.1, 0.15) is 106 Å². The van der Waals surface area contributed by atoms with Crippen molar-refractivity contribution in [2.75, 3.05) is 6.61 Å². The Bertz CT molecular complexity index is 1260. The Kier molecular flexibility index (Phi) is 7.33. The molecule has 10 atom stereocenters. The Balaban J connectivity index is 1.49. The molecule has 0 heterocycles. The number of hydrogen-bond acceptors (Lipinski definition) is 6. The van der Waals surface area contributed by atoms with E-state index in [0.717, 1.165) is 63.4 Å².